The van der Waals surface area contributed by atoms with Crippen molar-refractivity contribution < 1.29 is 19.9 Å². The van der Waals surface area contributed by atoms with E-state index in [9.17, 15) is 4.79 Å². The average Bonchev–Trinajstić information content (AvgIpc) is 3.01. The zero-order valence-corrected chi connectivity index (χ0v) is 16.9. The Balaban J connectivity index is 0.000000289. The van der Waals surface area contributed by atoms with Crippen molar-refractivity contribution in [3.63, 3.8) is 0 Å². The molecule has 146 valence electrons. The Hall–Kier alpha value is -0.785. The molecular formula is C18H28BCl2NO4. The van der Waals surface area contributed by atoms with Gasteiger partial charge in [-0.15, -0.1) is 0 Å². The van der Waals surface area contributed by atoms with Crippen LogP contribution >= 0.6 is 23.2 Å². The van der Waals surface area contributed by atoms with Crippen LogP contribution in [0.3, 0.4) is 0 Å². The van der Waals surface area contributed by atoms with Gasteiger partial charge in [0.2, 0.25) is 0 Å². The van der Waals surface area contributed by atoms with Crippen LogP contribution in [-0.4, -0.2) is 52.8 Å². The smallest absolute Gasteiger partial charge is 0.451 e. The van der Waals surface area contributed by atoms with Crippen molar-refractivity contribution in [3.05, 3.63) is 33.8 Å². The number of nitrogens with zero attached hydrogens (tertiary/aromatic N) is 1. The Labute approximate surface area is 166 Å². The summed E-state index contributed by atoms with van der Waals surface area (Å²) in [6, 6.07) is 5.70. The van der Waals surface area contributed by atoms with Crippen LogP contribution in [0.4, 0.5) is 0 Å². The van der Waals surface area contributed by atoms with E-state index < -0.39 is 13.1 Å². The molecule has 0 spiro atoms. The lowest BCUT2D eigenvalue weighted by Gasteiger charge is -2.14. The summed E-state index contributed by atoms with van der Waals surface area (Å²) in [5.74, 6) is -0.877. The summed E-state index contributed by atoms with van der Waals surface area (Å²) in [5.41, 5.74) is 1.22. The summed E-state index contributed by atoms with van der Waals surface area (Å²) in [7, 11) is -1.27. The summed E-state index contributed by atoms with van der Waals surface area (Å²) < 4.78 is 0. The van der Waals surface area contributed by atoms with Gasteiger partial charge in [0.25, 0.3) is 0 Å². The number of hydrogen-bond donors (Lipinski definition) is 3. The van der Waals surface area contributed by atoms with Crippen LogP contribution in [0.15, 0.2) is 18.2 Å². The minimum atomic E-state index is -1.27. The van der Waals surface area contributed by atoms with E-state index in [2.05, 4.69) is 11.8 Å². The van der Waals surface area contributed by atoms with Gasteiger partial charge in [0.15, 0.2) is 0 Å². The Morgan fingerprint density at radius 1 is 1.23 bits per heavy atom. The van der Waals surface area contributed by atoms with Crippen molar-refractivity contribution in [2.45, 2.75) is 39.4 Å². The van der Waals surface area contributed by atoms with E-state index in [1.807, 2.05) is 25.1 Å². The van der Waals surface area contributed by atoms with Gasteiger partial charge in [-0.1, -0.05) is 49.5 Å². The molecule has 8 heteroatoms. The van der Waals surface area contributed by atoms with E-state index in [0.29, 0.717) is 29.3 Å². The highest BCUT2D eigenvalue weighted by Crippen LogP contribution is 2.28. The molecule has 0 aromatic heterocycles. The van der Waals surface area contributed by atoms with Crippen LogP contribution in [0.2, 0.25) is 16.4 Å². The highest BCUT2D eigenvalue weighted by molar-refractivity contribution is 6.42. The topological polar surface area (TPSA) is 81.0 Å². The molecule has 1 aliphatic heterocycles. The first kappa shape index (κ1) is 23.3. The van der Waals surface area contributed by atoms with Crippen LogP contribution in [0.1, 0.15) is 32.3 Å². The number of aliphatic carboxylic acids is 1. The third-order valence-corrected chi connectivity index (χ3v) is 5.45. The summed E-state index contributed by atoms with van der Waals surface area (Å²) in [6.45, 7) is 6.43. The third kappa shape index (κ3) is 7.84. The summed E-state index contributed by atoms with van der Waals surface area (Å²) >= 11 is 11.5. The Bertz CT molecular complexity index is 574. The summed E-state index contributed by atoms with van der Waals surface area (Å²) in [4.78, 5) is 13.2. The van der Waals surface area contributed by atoms with E-state index in [1.165, 1.54) is 5.56 Å². The number of carbonyl (C=O) groups is 1. The van der Waals surface area contributed by atoms with Crippen LogP contribution < -0.4 is 0 Å². The quantitative estimate of drug-likeness (QED) is 0.607. The fraction of sp³-hybridized carbons (Fsp3) is 0.611. The molecule has 0 radical (unpaired) electrons. The predicted octanol–water partition coefficient (Wildman–Crippen LogP) is 3.45. The van der Waals surface area contributed by atoms with Gasteiger partial charge in [-0.25, -0.2) is 0 Å². The highest BCUT2D eigenvalue weighted by atomic mass is 35.5. The molecule has 5 nitrogen and oxygen atoms in total. The molecule has 1 aliphatic rings. The van der Waals surface area contributed by atoms with Crippen LogP contribution in [-0.2, 0) is 11.2 Å². The monoisotopic (exact) mass is 403 g/mol. The van der Waals surface area contributed by atoms with Gasteiger partial charge in [-0.2, -0.15) is 0 Å². The van der Waals surface area contributed by atoms with Crippen molar-refractivity contribution in [2.24, 2.45) is 11.8 Å². The fourth-order valence-corrected chi connectivity index (χ4v) is 3.43. The van der Waals surface area contributed by atoms with Gasteiger partial charge >= 0.3 is 13.1 Å². The number of likely N-dealkylation sites (tertiary alicyclic amines) is 1. The molecule has 3 N–H and O–H groups in total. The van der Waals surface area contributed by atoms with Gasteiger partial charge in [0.1, 0.15) is 0 Å². The molecule has 0 aliphatic carbocycles. The number of carboxylic acids is 1. The largest absolute Gasteiger partial charge is 0.481 e. The standard InChI is InChI=1S/C10H20BNO4.C8H8Cl2/c1-2-12-6-8(4-3-5-11(15)16)9(7-12)10(13)14;1-2-6-3-4-7(9)8(10)5-6/h8-9,15-16H,2-7H2,1H3,(H,13,14);3-5H,2H2,1H3. The van der Waals surface area contributed by atoms with Crippen LogP contribution in [0, 0.1) is 11.8 Å². The first-order chi connectivity index (χ1) is 12.3. The maximum atomic E-state index is 11.0. The molecule has 0 bridgehead atoms. The first-order valence-corrected chi connectivity index (χ1v) is 9.79. The fourth-order valence-electron chi connectivity index (χ4n) is 3.11. The molecule has 26 heavy (non-hydrogen) atoms. The molecule has 2 unspecified atom stereocenters. The SMILES string of the molecule is CCN1CC(CCCB(O)O)C(C(=O)O)C1.CCc1ccc(Cl)c(Cl)c1. The maximum absolute atomic E-state index is 11.0. The lowest BCUT2D eigenvalue weighted by molar-refractivity contribution is -0.142. The average molecular weight is 404 g/mol. The van der Waals surface area contributed by atoms with Gasteiger partial charge < -0.3 is 20.1 Å². The first-order valence-electron chi connectivity index (χ1n) is 9.03. The van der Waals surface area contributed by atoms with E-state index >= 15 is 0 Å². The van der Waals surface area contributed by atoms with E-state index in [-0.39, 0.29) is 11.8 Å². The second-order valence-electron chi connectivity index (χ2n) is 6.57. The summed E-state index contributed by atoms with van der Waals surface area (Å²) in [5, 5.41) is 27.8. The minimum absolute atomic E-state index is 0.149. The Kier molecular flexibility index (Phi) is 10.6. The van der Waals surface area contributed by atoms with E-state index in [0.717, 1.165) is 25.9 Å². The van der Waals surface area contributed by atoms with Gasteiger partial charge in [-0.05, 0) is 49.3 Å². The molecule has 1 heterocycles. The second kappa shape index (κ2) is 11.8. The number of rotatable bonds is 7. The Morgan fingerprint density at radius 2 is 1.92 bits per heavy atom. The molecule has 0 amide bonds. The molecule has 2 atom stereocenters. The second-order valence-corrected chi connectivity index (χ2v) is 7.38. The highest BCUT2D eigenvalue weighted by Gasteiger charge is 2.36. The van der Waals surface area contributed by atoms with Crippen LogP contribution in [0.25, 0.3) is 0 Å². The maximum Gasteiger partial charge on any atom is 0.451 e. The van der Waals surface area contributed by atoms with Crippen molar-refractivity contribution >= 4 is 36.3 Å². The number of halogens is 2. The lowest BCUT2D eigenvalue weighted by atomic mass is 9.80. The van der Waals surface area contributed by atoms with Gasteiger partial charge in [-0.3, -0.25) is 4.79 Å². The Morgan fingerprint density at radius 3 is 2.42 bits per heavy atom. The molecule has 0 saturated carbocycles. The third-order valence-electron chi connectivity index (χ3n) is 4.71. The lowest BCUT2D eigenvalue weighted by Crippen LogP contribution is -2.23. The number of hydrogen-bond acceptors (Lipinski definition) is 4. The van der Waals surface area contributed by atoms with E-state index in [1.54, 1.807) is 0 Å². The molecule has 2 rings (SSSR count). The zero-order chi connectivity index (χ0) is 19.7. The number of aryl methyl sites for hydroxylation is 1. The van der Waals surface area contributed by atoms with E-state index in [4.69, 9.17) is 38.4 Å². The molecule has 1 saturated heterocycles. The number of carboxylic acid groups (broad SMARTS) is 1. The normalized spacial score (nSPS) is 19.8. The molecule has 1 aromatic rings. The number of benzene rings is 1. The van der Waals surface area contributed by atoms with Gasteiger partial charge in [0, 0.05) is 13.1 Å². The van der Waals surface area contributed by atoms with Crippen molar-refractivity contribution in [1.82, 2.24) is 4.90 Å². The van der Waals surface area contributed by atoms with Crippen molar-refractivity contribution in [1.29, 1.82) is 0 Å². The predicted molar refractivity (Wildman–Crippen MR) is 107 cm³/mol. The van der Waals surface area contributed by atoms with Gasteiger partial charge in [0.05, 0.1) is 16.0 Å². The molecule has 1 fully saturated rings. The molecular weight excluding hydrogens is 376 g/mol. The van der Waals surface area contributed by atoms with Crippen LogP contribution in [0.5, 0.6) is 0 Å². The molecule has 1 aromatic carbocycles. The summed E-state index contributed by atoms with van der Waals surface area (Å²) in [6.07, 6.45) is 2.75. The van der Waals surface area contributed by atoms with Crippen molar-refractivity contribution in [2.75, 3.05) is 19.6 Å². The zero-order valence-electron chi connectivity index (χ0n) is 15.4. The van der Waals surface area contributed by atoms with Crippen molar-refractivity contribution in [3.8, 4) is 0 Å². The minimum Gasteiger partial charge on any atom is -0.481 e.